The maximum atomic E-state index is 14.2. The molecule has 1 saturated heterocycles. The highest BCUT2D eigenvalue weighted by molar-refractivity contribution is 7.89. The third-order valence-electron chi connectivity index (χ3n) is 5.92. The first-order valence-electron chi connectivity index (χ1n) is 10.8. The Labute approximate surface area is 192 Å². The number of hydrogen-bond acceptors (Lipinski definition) is 4. The molecule has 0 radical (unpaired) electrons. The SMILES string of the molecule is Cc1cc2c(C3CCN(S(=O)(=O)c4ccc(OC(C)C)cc4)C3)cn(CC(=O)O)c2cc1F. The van der Waals surface area contributed by atoms with Gasteiger partial charge in [0.2, 0.25) is 10.0 Å². The number of aliphatic carboxylic acids is 1. The number of nitrogens with zero attached hydrogens (tertiary/aromatic N) is 2. The first-order chi connectivity index (χ1) is 15.6. The van der Waals surface area contributed by atoms with E-state index in [1.165, 1.54) is 14.9 Å². The quantitative estimate of drug-likeness (QED) is 0.556. The summed E-state index contributed by atoms with van der Waals surface area (Å²) in [4.78, 5) is 11.5. The zero-order chi connectivity index (χ0) is 23.9. The van der Waals surface area contributed by atoms with Crippen LogP contribution in [-0.2, 0) is 21.4 Å². The number of benzene rings is 2. The van der Waals surface area contributed by atoms with E-state index in [-0.39, 0.29) is 30.0 Å². The van der Waals surface area contributed by atoms with Crippen LogP contribution in [0, 0.1) is 12.7 Å². The van der Waals surface area contributed by atoms with Crippen molar-refractivity contribution in [2.24, 2.45) is 0 Å². The lowest BCUT2D eigenvalue weighted by Crippen LogP contribution is -2.28. The van der Waals surface area contributed by atoms with Crippen LogP contribution in [0.15, 0.2) is 47.5 Å². The van der Waals surface area contributed by atoms with Gasteiger partial charge >= 0.3 is 5.97 Å². The fraction of sp³-hybridized carbons (Fsp3) is 0.375. The number of ether oxygens (including phenoxy) is 1. The molecular formula is C24H27FN2O5S. The number of hydrogen-bond donors (Lipinski definition) is 1. The number of rotatable bonds is 7. The number of halogens is 1. The summed E-state index contributed by atoms with van der Waals surface area (Å²) in [5.74, 6) is -0.943. The fourth-order valence-electron chi connectivity index (χ4n) is 4.36. The van der Waals surface area contributed by atoms with E-state index in [2.05, 4.69) is 0 Å². The van der Waals surface area contributed by atoms with Crippen molar-refractivity contribution in [2.75, 3.05) is 13.1 Å². The molecule has 0 bridgehead atoms. The van der Waals surface area contributed by atoms with Crippen molar-refractivity contribution in [2.45, 2.75) is 50.7 Å². The summed E-state index contributed by atoms with van der Waals surface area (Å²) in [6.07, 6.45) is 2.31. The molecule has 0 spiro atoms. The minimum Gasteiger partial charge on any atom is -0.491 e. The van der Waals surface area contributed by atoms with Crippen molar-refractivity contribution in [1.82, 2.24) is 8.87 Å². The molecule has 2 aromatic carbocycles. The molecule has 3 aromatic rings. The van der Waals surface area contributed by atoms with Gasteiger partial charge in [-0.15, -0.1) is 0 Å². The Morgan fingerprint density at radius 3 is 2.58 bits per heavy atom. The monoisotopic (exact) mass is 474 g/mol. The highest BCUT2D eigenvalue weighted by Gasteiger charge is 2.34. The Morgan fingerprint density at radius 1 is 1.24 bits per heavy atom. The molecule has 0 amide bonds. The Hall–Kier alpha value is -2.91. The summed E-state index contributed by atoms with van der Waals surface area (Å²) >= 11 is 0. The molecule has 1 fully saturated rings. The second-order valence-electron chi connectivity index (χ2n) is 8.71. The molecule has 1 atom stereocenters. The van der Waals surface area contributed by atoms with Gasteiger partial charge < -0.3 is 14.4 Å². The van der Waals surface area contributed by atoms with Gasteiger partial charge in [0.15, 0.2) is 0 Å². The van der Waals surface area contributed by atoms with Gasteiger partial charge in [-0.1, -0.05) is 0 Å². The van der Waals surface area contributed by atoms with Gasteiger partial charge in [0.1, 0.15) is 18.1 Å². The standard InChI is InChI=1S/C24H27FN2O5S/c1-15(2)32-18-4-6-19(7-5-18)33(30,31)27-9-8-17(12-27)21-13-26(14-24(28)29)23-11-22(25)16(3)10-20(21)23/h4-7,10-11,13,15,17H,8-9,12,14H2,1-3H3,(H,28,29). The molecule has 4 rings (SSSR count). The molecule has 33 heavy (non-hydrogen) atoms. The minimum absolute atomic E-state index is 0.00725. The third kappa shape index (κ3) is 4.60. The Kier molecular flexibility index (Phi) is 6.20. The lowest BCUT2D eigenvalue weighted by Gasteiger charge is -2.17. The van der Waals surface area contributed by atoms with Gasteiger partial charge in [0, 0.05) is 30.6 Å². The summed E-state index contributed by atoms with van der Waals surface area (Å²) in [5.41, 5.74) is 1.80. The average Bonchev–Trinajstić information content (AvgIpc) is 3.34. The number of carbonyl (C=O) groups is 1. The van der Waals surface area contributed by atoms with Crippen LogP contribution in [0.2, 0.25) is 0 Å². The van der Waals surface area contributed by atoms with Crippen molar-refractivity contribution >= 4 is 26.9 Å². The van der Waals surface area contributed by atoms with Crippen molar-refractivity contribution in [1.29, 1.82) is 0 Å². The summed E-state index contributed by atoms with van der Waals surface area (Å²) in [5, 5.41) is 10.0. The summed E-state index contributed by atoms with van der Waals surface area (Å²) < 4.78 is 49.2. The van der Waals surface area contributed by atoms with Crippen molar-refractivity contribution < 1.29 is 27.4 Å². The lowest BCUT2D eigenvalue weighted by atomic mass is 9.97. The van der Waals surface area contributed by atoms with E-state index in [9.17, 15) is 22.7 Å². The lowest BCUT2D eigenvalue weighted by molar-refractivity contribution is -0.137. The molecule has 1 N–H and O–H groups in total. The molecule has 0 saturated carbocycles. The van der Waals surface area contributed by atoms with E-state index in [0.717, 1.165) is 10.9 Å². The van der Waals surface area contributed by atoms with Crippen molar-refractivity contribution in [3.05, 3.63) is 59.5 Å². The summed E-state index contributed by atoms with van der Waals surface area (Å²) in [6.45, 7) is 5.79. The normalized spacial score (nSPS) is 17.2. The van der Waals surface area contributed by atoms with Gasteiger partial charge in [-0.2, -0.15) is 4.31 Å². The van der Waals surface area contributed by atoms with Crippen LogP contribution in [0.1, 0.15) is 37.3 Å². The maximum absolute atomic E-state index is 14.2. The van der Waals surface area contributed by atoms with Crippen LogP contribution in [0.4, 0.5) is 4.39 Å². The van der Waals surface area contributed by atoms with Crippen LogP contribution >= 0.6 is 0 Å². The molecule has 1 unspecified atom stereocenters. The molecule has 1 aliphatic heterocycles. The maximum Gasteiger partial charge on any atom is 0.323 e. The van der Waals surface area contributed by atoms with E-state index in [4.69, 9.17) is 4.74 Å². The second-order valence-corrected chi connectivity index (χ2v) is 10.6. The molecule has 0 aliphatic carbocycles. The van der Waals surface area contributed by atoms with E-state index in [0.29, 0.717) is 29.8 Å². The molecule has 1 aliphatic rings. The van der Waals surface area contributed by atoms with Gasteiger partial charge in [-0.05, 0) is 74.7 Å². The van der Waals surface area contributed by atoms with Crippen molar-refractivity contribution in [3.8, 4) is 5.75 Å². The minimum atomic E-state index is -3.69. The highest BCUT2D eigenvalue weighted by atomic mass is 32.2. The number of aromatic nitrogens is 1. The number of sulfonamides is 1. The van der Waals surface area contributed by atoms with Crippen LogP contribution in [-0.4, -0.2) is 47.6 Å². The van der Waals surface area contributed by atoms with Gasteiger partial charge in [0.05, 0.1) is 16.5 Å². The van der Waals surface area contributed by atoms with Crippen LogP contribution < -0.4 is 4.74 Å². The predicted octanol–water partition coefficient (Wildman–Crippen LogP) is 4.14. The second kappa shape index (κ2) is 8.79. The van der Waals surface area contributed by atoms with Crippen LogP contribution in [0.25, 0.3) is 10.9 Å². The van der Waals surface area contributed by atoms with Crippen LogP contribution in [0.3, 0.4) is 0 Å². The Balaban J connectivity index is 1.62. The number of carboxylic acids is 1. The summed E-state index contributed by atoms with van der Waals surface area (Å²) in [7, 11) is -3.69. The Morgan fingerprint density at radius 2 is 1.94 bits per heavy atom. The first-order valence-corrected chi connectivity index (χ1v) is 12.3. The summed E-state index contributed by atoms with van der Waals surface area (Å²) in [6, 6.07) is 9.45. The van der Waals surface area contributed by atoms with Crippen LogP contribution in [0.5, 0.6) is 5.75 Å². The topological polar surface area (TPSA) is 88.8 Å². The average molecular weight is 475 g/mol. The largest absolute Gasteiger partial charge is 0.491 e. The first kappa shape index (κ1) is 23.3. The predicted molar refractivity (Wildman–Crippen MR) is 123 cm³/mol. The number of fused-ring (bicyclic) bond motifs is 1. The molecule has 176 valence electrons. The molecule has 9 heteroatoms. The van der Waals surface area contributed by atoms with Gasteiger partial charge in [-0.25, -0.2) is 12.8 Å². The molecule has 1 aromatic heterocycles. The van der Waals surface area contributed by atoms with E-state index < -0.39 is 21.8 Å². The fourth-order valence-corrected chi connectivity index (χ4v) is 5.86. The van der Waals surface area contributed by atoms with Gasteiger partial charge in [-0.3, -0.25) is 4.79 Å². The smallest absolute Gasteiger partial charge is 0.323 e. The van der Waals surface area contributed by atoms with E-state index >= 15 is 0 Å². The highest BCUT2D eigenvalue weighted by Crippen LogP contribution is 2.37. The zero-order valence-corrected chi connectivity index (χ0v) is 19.6. The van der Waals surface area contributed by atoms with E-state index in [1.807, 2.05) is 13.8 Å². The number of carboxylic acid groups (broad SMARTS) is 1. The zero-order valence-electron chi connectivity index (χ0n) is 18.8. The molecule has 2 heterocycles. The third-order valence-corrected chi connectivity index (χ3v) is 7.80. The number of aryl methyl sites for hydroxylation is 1. The van der Waals surface area contributed by atoms with Crippen molar-refractivity contribution in [3.63, 3.8) is 0 Å². The Bertz CT molecular complexity index is 1300. The van der Waals surface area contributed by atoms with E-state index in [1.54, 1.807) is 43.5 Å². The molecular weight excluding hydrogens is 447 g/mol. The molecule has 7 nitrogen and oxygen atoms in total. The van der Waals surface area contributed by atoms with Gasteiger partial charge in [0.25, 0.3) is 0 Å².